The van der Waals surface area contributed by atoms with Gasteiger partial charge in [-0.15, -0.1) is 0 Å². The summed E-state index contributed by atoms with van der Waals surface area (Å²) in [5.41, 5.74) is -0.565. The Morgan fingerprint density at radius 2 is 1.92 bits per heavy atom. The molecule has 1 amide bonds. The predicted molar refractivity (Wildman–Crippen MR) is 49.7 cm³/mol. The summed E-state index contributed by atoms with van der Waals surface area (Å²) in [4.78, 5) is 22.8. The topological polar surface area (TPSA) is 57.6 Å². The lowest BCUT2D eigenvalue weighted by Crippen LogP contribution is -2.47. The van der Waals surface area contributed by atoms with Crippen molar-refractivity contribution in [2.45, 2.75) is 26.3 Å². The van der Waals surface area contributed by atoms with E-state index >= 15 is 0 Å². The Morgan fingerprint density at radius 3 is 2.15 bits per heavy atom. The molecule has 0 aromatic carbocycles. The fourth-order valence-electron chi connectivity index (χ4n) is 0.812. The van der Waals surface area contributed by atoms with Crippen molar-refractivity contribution < 1.29 is 14.7 Å². The second kappa shape index (κ2) is 4.07. The van der Waals surface area contributed by atoms with Crippen LogP contribution in [0.4, 0.5) is 4.79 Å². The maximum absolute atomic E-state index is 11.0. The summed E-state index contributed by atoms with van der Waals surface area (Å²) in [6, 6.07) is 0. The Morgan fingerprint density at radius 1 is 1.46 bits per heavy atom. The molecule has 13 heavy (non-hydrogen) atoms. The van der Waals surface area contributed by atoms with Crippen molar-refractivity contribution in [1.29, 1.82) is 0 Å². The third-order valence-corrected chi connectivity index (χ3v) is 1.58. The van der Waals surface area contributed by atoms with Gasteiger partial charge in [-0.05, 0) is 26.8 Å². The van der Waals surface area contributed by atoms with E-state index in [4.69, 9.17) is 5.11 Å². The third kappa shape index (κ3) is 3.73. The van der Waals surface area contributed by atoms with Crippen LogP contribution in [-0.4, -0.2) is 34.0 Å². The number of carbonyl (C=O) groups excluding carboxylic acids is 1. The average molecular weight is 185 g/mol. The van der Waals surface area contributed by atoms with E-state index in [1.165, 1.54) is 0 Å². The zero-order chi connectivity index (χ0) is 10.6. The van der Waals surface area contributed by atoms with Crippen molar-refractivity contribution in [2.24, 2.45) is 0 Å². The summed E-state index contributed by atoms with van der Waals surface area (Å²) in [6.45, 7) is 8.35. The second-order valence-corrected chi connectivity index (χ2v) is 3.71. The molecule has 0 aromatic rings. The molecule has 0 aromatic heterocycles. The van der Waals surface area contributed by atoms with Crippen LogP contribution in [0.25, 0.3) is 0 Å². The highest BCUT2D eigenvalue weighted by Gasteiger charge is 2.27. The minimum Gasteiger partial charge on any atom is -0.465 e. The summed E-state index contributed by atoms with van der Waals surface area (Å²) >= 11 is 0. The molecule has 0 heterocycles. The van der Waals surface area contributed by atoms with E-state index in [0.717, 1.165) is 11.0 Å². The van der Waals surface area contributed by atoms with Crippen LogP contribution in [0.1, 0.15) is 20.8 Å². The van der Waals surface area contributed by atoms with Crippen molar-refractivity contribution in [3.8, 4) is 0 Å². The van der Waals surface area contributed by atoms with Crippen LogP contribution in [-0.2, 0) is 4.79 Å². The van der Waals surface area contributed by atoms with Crippen molar-refractivity contribution in [2.75, 3.05) is 6.54 Å². The van der Waals surface area contributed by atoms with Gasteiger partial charge in [0.05, 0.1) is 6.54 Å². The molecule has 0 aliphatic rings. The molecule has 74 valence electrons. The number of carboxylic acid groups (broad SMARTS) is 1. The maximum atomic E-state index is 11.0. The third-order valence-electron chi connectivity index (χ3n) is 1.58. The van der Waals surface area contributed by atoms with E-state index in [0.29, 0.717) is 0 Å². The van der Waals surface area contributed by atoms with Gasteiger partial charge < -0.3 is 5.11 Å². The molecule has 0 rings (SSSR count). The molecule has 0 unspecified atom stereocenters. The highest BCUT2D eigenvalue weighted by Crippen LogP contribution is 2.12. The molecule has 4 nitrogen and oxygen atoms in total. The molecule has 0 aliphatic heterocycles. The lowest BCUT2D eigenvalue weighted by molar-refractivity contribution is -0.116. The van der Waals surface area contributed by atoms with Gasteiger partial charge in [0.1, 0.15) is 0 Å². The van der Waals surface area contributed by atoms with Crippen LogP contribution in [0, 0.1) is 0 Å². The monoisotopic (exact) mass is 185 g/mol. The molecule has 1 N–H and O–H groups in total. The Kier molecular flexibility index (Phi) is 3.66. The smallest absolute Gasteiger partial charge is 0.408 e. The zero-order valence-corrected chi connectivity index (χ0v) is 8.20. The van der Waals surface area contributed by atoms with Crippen LogP contribution < -0.4 is 0 Å². The van der Waals surface area contributed by atoms with Crippen LogP contribution in [0.3, 0.4) is 0 Å². The Hall–Kier alpha value is -1.32. The van der Waals surface area contributed by atoms with Crippen molar-refractivity contribution in [3.05, 3.63) is 12.7 Å². The molecular weight excluding hydrogens is 170 g/mol. The first-order valence-corrected chi connectivity index (χ1v) is 3.95. The highest BCUT2D eigenvalue weighted by molar-refractivity contribution is 5.92. The Bertz CT molecular complexity index is 228. The van der Waals surface area contributed by atoms with Gasteiger partial charge in [0.2, 0.25) is 0 Å². The standard InChI is InChI=1S/C9H15NO3/c1-5-7(11)6-10(8(12)13)9(2,3)4/h5H,1,6H2,2-4H3,(H,12,13). The first-order chi connectivity index (χ1) is 5.79. The van der Waals surface area contributed by atoms with Crippen molar-refractivity contribution in [3.63, 3.8) is 0 Å². The van der Waals surface area contributed by atoms with E-state index in [1.807, 2.05) is 0 Å². The van der Waals surface area contributed by atoms with Crippen LogP contribution >= 0.6 is 0 Å². The zero-order valence-electron chi connectivity index (χ0n) is 8.20. The summed E-state index contributed by atoms with van der Waals surface area (Å²) < 4.78 is 0. The number of rotatable bonds is 3. The number of carbonyl (C=O) groups is 2. The molecule has 0 bridgehead atoms. The van der Waals surface area contributed by atoms with Crippen molar-refractivity contribution in [1.82, 2.24) is 4.90 Å². The molecule has 0 aliphatic carbocycles. The molecular formula is C9H15NO3. The second-order valence-electron chi connectivity index (χ2n) is 3.71. The quantitative estimate of drug-likeness (QED) is 0.678. The van der Waals surface area contributed by atoms with Crippen molar-refractivity contribution >= 4 is 11.9 Å². The van der Waals surface area contributed by atoms with Gasteiger partial charge in [-0.2, -0.15) is 0 Å². The SMILES string of the molecule is C=CC(=O)CN(C(=O)O)C(C)(C)C. The van der Waals surface area contributed by atoms with E-state index < -0.39 is 11.6 Å². The maximum Gasteiger partial charge on any atom is 0.408 e. The summed E-state index contributed by atoms with van der Waals surface area (Å²) in [6.07, 6.45) is 0.0319. The number of hydrogen-bond acceptors (Lipinski definition) is 2. The van der Waals surface area contributed by atoms with Gasteiger partial charge in [-0.1, -0.05) is 6.58 Å². The van der Waals surface area contributed by atoms with Crippen LogP contribution in [0.2, 0.25) is 0 Å². The number of hydrogen-bond donors (Lipinski definition) is 1. The normalized spacial score (nSPS) is 10.7. The fourth-order valence-corrected chi connectivity index (χ4v) is 0.812. The minimum absolute atomic E-state index is 0.137. The van der Waals surface area contributed by atoms with Gasteiger partial charge in [-0.25, -0.2) is 4.79 Å². The summed E-state index contributed by atoms with van der Waals surface area (Å²) in [5, 5.41) is 8.79. The molecule has 0 saturated heterocycles. The lowest BCUT2D eigenvalue weighted by Gasteiger charge is -2.32. The van der Waals surface area contributed by atoms with E-state index in [1.54, 1.807) is 20.8 Å². The minimum atomic E-state index is -1.09. The summed E-state index contributed by atoms with van der Waals surface area (Å²) in [7, 11) is 0. The molecule has 0 radical (unpaired) electrons. The van der Waals surface area contributed by atoms with Crippen LogP contribution in [0.15, 0.2) is 12.7 Å². The number of amides is 1. The summed E-state index contributed by atoms with van der Waals surface area (Å²) in [5.74, 6) is -0.294. The Labute approximate surface area is 77.8 Å². The molecule has 0 atom stereocenters. The highest BCUT2D eigenvalue weighted by atomic mass is 16.4. The first-order valence-electron chi connectivity index (χ1n) is 3.95. The predicted octanol–water partition coefficient (Wildman–Crippen LogP) is 1.52. The first kappa shape index (κ1) is 11.7. The molecule has 0 spiro atoms. The number of ketones is 1. The molecule has 4 heteroatoms. The molecule has 0 fully saturated rings. The lowest BCUT2D eigenvalue weighted by atomic mass is 10.1. The van der Waals surface area contributed by atoms with E-state index in [-0.39, 0.29) is 12.3 Å². The van der Waals surface area contributed by atoms with E-state index in [2.05, 4.69) is 6.58 Å². The fraction of sp³-hybridized carbons (Fsp3) is 0.556. The van der Waals surface area contributed by atoms with Crippen LogP contribution in [0.5, 0.6) is 0 Å². The van der Waals surface area contributed by atoms with Gasteiger partial charge in [0, 0.05) is 5.54 Å². The number of nitrogens with zero attached hydrogens (tertiary/aromatic N) is 1. The van der Waals surface area contributed by atoms with Gasteiger partial charge >= 0.3 is 6.09 Å². The van der Waals surface area contributed by atoms with Gasteiger partial charge in [0.25, 0.3) is 0 Å². The average Bonchev–Trinajstić information content (AvgIpc) is 1.96. The van der Waals surface area contributed by atoms with Gasteiger partial charge in [-0.3, -0.25) is 9.69 Å². The molecule has 0 saturated carbocycles. The Balaban J connectivity index is 4.55. The largest absolute Gasteiger partial charge is 0.465 e. The van der Waals surface area contributed by atoms with Gasteiger partial charge in [0.15, 0.2) is 5.78 Å². The van der Waals surface area contributed by atoms with E-state index in [9.17, 15) is 9.59 Å².